The number of hydrogen-bond acceptors (Lipinski definition) is 6. The number of methoxy groups -OCH3 is 2. The van der Waals surface area contributed by atoms with Crippen molar-refractivity contribution in [3.05, 3.63) is 60.9 Å². The van der Waals surface area contributed by atoms with Gasteiger partial charge < -0.3 is 14.8 Å². The van der Waals surface area contributed by atoms with Gasteiger partial charge in [0.25, 0.3) is 0 Å². The van der Waals surface area contributed by atoms with Gasteiger partial charge in [0.2, 0.25) is 5.91 Å². The van der Waals surface area contributed by atoms with Gasteiger partial charge >= 0.3 is 0 Å². The second-order valence-electron chi connectivity index (χ2n) is 6.15. The molecule has 1 aromatic heterocycles. The molecule has 3 rings (SSSR count). The zero-order chi connectivity index (χ0) is 21.5. The van der Waals surface area contributed by atoms with Crippen molar-refractivity contribution < 1.29 is 18.7 Å². The molecule has 1 N–H and O–H groups in total. The van der Waals surface area contributed by atoms with Crippen molar-refractivity contribution in [3.8, 4) is 22.9 Å². The van der Waals surface area contributed by atoms with Gasteiger partial charge in [-0.2, -0.15) is 0 Å². The van der Waals surface area contributed by atoms with E-state index in [2.05, 4.69) is 22.1 Å². The van der Waals surface area contributed by atoms with Crippen LogP contribution in [0.3, 0.4) is 0 Å². The number of nitrogens with one attached hydrogen (secondary N) is 1. The second-order valence-corrected chi connectivity index (χ2v) is 7.09. The van der Waals surface area contributed by atoms with Crippen LogP contribution in [0.5, 0.6) is 11.5 Å². The topological polar surface area (TPSA) is 78.3 Å². The Morgan fingerprint density at radius 1 is 1.17 bits per heavy atom. The Hall–Kier alpha value is -3.33. The summed E-state index contributed by atoms with van der Waals surface area (Å²) in [6.45, 7) is 4.22. The number of ether oxygens (including phenoxy) is 2. The number of aromatic nitrogens is 3. The van der Waals surface area contributed by atoms with E-state index in [1.54, 1.807) is 50.6 Å². The molecule has 0 aliphatic carbocycles. The molecule has 7 nitrogen and oxygen atoms in total. The van der Waals surface area contributed by atoms with Crippen molar-refractivity contribution in [2.75, 3.05) is 25.3 Å². The molecule has 0 saturated heterocycles. The van der Waals surface area contributed by atoms with Gasteiger partial charge in [-0.25, -0.2) is 4.39 Å². The number of allylic oxidation sites excluding steroid dienone is 1. The van der Waals surface area contributed by atoms with E-state index < -0.39 is 0 Å². The van der Waals surface area contributed by atoms with Crippen LogP contribution in [0.2, 0.25) is 0 Å². The van der Waals surface area contributed by atoms with Crippen LogP contribution in [-0.2, 0) is 11.3 Å². The Kier molecular flexibility index (Phi) is 7.08. The van der Waals surface area contributed by atoms with Gasteiger partial charge in [-0.05, 0) is 24.3 Å². The molecule has 1 heterocycles. The number of anilines is 1. The zero-order valence-electron chi connectivity index (χ0n) is 16.6. The van der Waals surface area contributed by atoms with E-state index in [0.717, 1.165) is 5.56 Å². The minimum absolute atomic E-state index is 0.123. The number of hydrogen-bond donors (Lipinski definition) is 1. The molecule has 30 heavy (non-hydrogen) atoms. The van der Waals surface area contributed by atoms with Crippen molar-refractivity contribution in [2.24, 2.45) is 0 Å². The summed E-state index contributed by atoms with van der Waals surface area (Å²) in [6.07, 6.45) is 1.71. The lowest BCUT2D eigenvalue weighted by Gasteiger charge is -2.10. The number of halogens is 1. The van der Waals surface area contributed by atoms with Crippen LogP contribution in [0.4, 0.5) is 10.1 Å². The molecule has 156 valence electrons. The van der Waals surface area contributed by atoms with E-state index in [9.17, 15) is 9.18 Å². The highest BCUT2D eigenvalue weighted by Gasteiger charge is 2.15. The number of nitrogens with zero attached hydrogens (tertiary/aromatic N) is 3. The first-order valence-corrected chi connectivity index (χ1v) is 9.98. The fourth-order valence-electron chi connectivity index (χ4n) is 2.71. The molecule has 0 unspecified atom stereocenters. The molecule has 0 spiro atoms. The SMILES string of the molecule is C=CCn1c(SCC(=O)Nc2cc(OC)cc(OC)c2)nnc1-c1ccc(F)cc1. The third-order valence-corrected chi connectivity index (χ3v) is 5.07. The van der Waals surface area contributed by atoms with E-state index in [4.69, 9.17) is 9.47 Å². The van der Waals surface area contributed by atoms with E-state index in [1.807, 2.05) is 4.57 Å². The molecule has 0 fully saturated rings. The number of amides is 1. The molecule has 0 aliphatic rings. The maximum absolute atomic E-state index is 13.2. The molecule has 2 aromatic carbocycles. The number of carbonyl (C=O) groups excluding carboxylic acids is 1. The van der Waals surface area contributed by atoms with Gasteiger partial charge in [-0.15, -0.1) is 16.8 Å². The van der Waals surface area contributed by atoms with Crippen LogP contribution in [0.1, 0.15) is 0 Å². The average Bonchev–Trinajstić information content (AvgIpc) is 3.15. The quantitative estimate of drug-likeness (QED) is 0.410. The van der Waals surface area contributed by atoms with Gasteiger partial charge in [0.05, 0.1) is 20.0 Å². The molecule has 3 aromatic rings. The largest absolute Gasteiger partial charge is 0.497 e. The lowest BCUT2D eigenvalue weighted by molar-refractivity contribution is -0.113. The normalized spacial score (nSPS) is 10.5. The van der Waals surface area contributed by atoms with Crippen LogP contribution in [0.25, 0.3) is 11.4 Å². The summed E-state index contributed by atoms with van der Waals surface area (Å²) in [5.74, 6) is 1.31. The standard InChI is InChI=1S/C21H21FN4O3S/c1-4-9-26-20(14-5-7-15(22)8-6-14)24-25-21(26)30-13-19(27)23-16-10-17(28-2)12-18(11-16)29-3/h4-8,10-12H,1,9,13H2,2-3H3,(H,23,27). The highest BCUT2D eigenvalue weighted by molar-refractivity contribution is 7.99. The Bertz CT molecular complexity index is 1010. The summed E-state index contributed by atoms with van der Waals surface area (Å²) in [6, 6.07) is 11.1. The molecular weight excluding hydrogens is 407 g/mol. The van der Waals surface area contributed by atoms with E-state index in [1.165, 1.54) is 23.9 Å². The fraction of sp³-hybridized carbons (Fsp3) is 0.190. The molecule has 0 bridgehead atoms. The first kappa shape index (κ1) is 21.4. The van der Waals surface area contributed by atoms with E-state index in [0.29, 0.717) is 34.7 Å². The summed E-state index contributed by atoms with van der Waals surface area (Å²) in [7, 11) is 3.09. The monoisotopic (exact) mass is 428 g/mol. The molecule has 1 amide bonds. The number of thioether (sulfide) groups is 1. The van der Waals surface area contributed by atoms with Crippen molar-refractivity contribution in [3.63, 3.8) is 0 Å². The molecule has 9 heteroatoms. The molecule has 0 radical (unpaired) electrons. The maximum Gasteiger partial charge on any atom is 0.234 e. The zero-order valence-corrected chi connectivity index (χ0v) is 17.4. The van der Waals surface area contributed by atoms with Gasteiger partial charge in [-0.1, -0.05) is 17.8 Å². The average molecular weight is 428 g/mol. The first-order valence-electron chi connectivity index (χ1n) is 8.99. The third kappa shape index (κ3) is 5.18. The summed E-state index contributed by atoms with van der Waals surface area (Å²) >= 11 is 1.25. The predicted molar refractivity (Wildman–Crippen MR) is 115 cm³/mol. The Balaban J connectivity index is 1.71. The second kappa shape index (κ2) is 9.93. The lowest BCUT2D eigenvalue weighted by Crippen LogP contribution is -2.15. The first-order chi connectivity index (χ1) is 14.5. The smallest absolute Gasteiger partial charge is 0.234 e. The van der Waals surface area contributed by atoms with Crippen molar-refractivity contribution >= 4 is 23.4 Å². The van der Waals surface area contributed by atoms with Crippen molar-refractivity contribution in [2.45, 2.75) is 11.7 Å². The van der Waals surface area contributed by atoms with Crippen LogP contribution in [0, 0.1) is 5.82 Å². The van der Waals surface area contributed by atoms with Gasteiger partial charge in [0, 0.05) is 36.0 Å². The minimum Gasteiger partial charge on any atom is -0.497 e. The van der Waals surface area contributed by atoms with Gasteiger partial charge in [0.1, 0.15) is 17.3 Å². The summed E-state index contributed by atoms with van der Waals surface area (Å²) in [4.78, 5) is 12.4. The number of carbonyl (C=O) groups is 1. The van der Waals surface area contributed by atoms with E-state index >= 15 is 0 Å². The number of rotatable bonds is 9. The third-order valence-electron chi connectivity index (χ3n) is 4.10. The lowest BCUT2D eigenvalue weighted by atomic mass is 10.2. The number of benzene rings is 2. The van der Waals surface area contributed by atoms with Crippen molar-refractivity contribution in [1.82, 2.24) is 14.8 Å². The Morgan fingerprint density at radius 2 is 1.83 bits per heavy atom. The van der Waals surface area contributed by atoms with E-state index in [-0.39, 0.29) is 17.5 Å². The summed E-state index contributed by atoms with van der Waals surface area (Å²) in [5, 5.41) is 11.8. The van der Waals surface area contributed by atoms with Crippen LogP contribution >= 0.6 is 11.8 Å². The molecule has 0 saturated carbocycles. The summed E-state index contributed by atoms with van der Waals surface area (Å²) in [5.41, 5.74) is 1.29. The van der Waals surface area contributed by atoms with Gasteiger partial charge in [0.15, 0.2) is 11.0 Å². The highest BCUT2D eigenvalue weighted by Crippen LogP contribution is 2.27. The van der Waals surface area contributed by atoms with Gasteiger partial charge in [-0.3, -0.25) is 9.36 Å². The molecular formula is C21H21FN4O3S. The maximum atomic E-state index is 13.2. The minimum atomic E-state index is -0.325. The Labute approximate surface area is 177 Å². The van der Waals surface area contributed by atoms with Crippen LogP contribution in [-0.4, -0.2) is 40.6 Å². The van der Waals surface area contributed by atoms with Crippen molar-refractivity contribution in [1.29, 1.82) is 0 Å². The molecule has 0 atom stereocenters. The predicted octanol–water partition coefficient (Wildman–Crippen LogP) is 4.02. The highest BCUT2D eigenvalue weighted by atomic mass is 32.2. The van der Waals surface area contributed by atoms with Crippen LogP contribution < -0.4 is 14.8 Å². The fourth-order valence-corrected chi connectivity index (χ4v) is 3.46. The summed E-state index contributed by atoms with van der Waals surface area (Å²) < 4.78 is 25.5. The molecule has 0 aliphatic heterocycles. The van der Waals surface area contributed by atoms with Crippen LogP contribution in [0.15, 0.2) is 60.3 Å². The Morgan fingerprint density at radius 3 is 2.43 bits per heavy atom.